The molecule has 1 aromatic rings. The van der Waals surface area contributed by atoms with Crippen molar-refractivity contribution in [2.75, 3.05) is 13.1 Å². The van der Waals surface area contributed by atoms with Crippen molar-refractivity contribution < 1.29 is 9.59 Å². The number of likely N-dealkylation sites (N-methyl/N-ethyl adjacent to an activating group) is 1. The molecule has 0 radical (unpaired) electrons. The van der Waals surface area contributed by atoms with E-state index in [1.807, 2.05) is 6.92 Å². The van der Waals surface area contributed by atoms with Crippen LogP contribution in [0.2, 0.25) is 0 Å². The molecule has 0 aromatic carbocycles. The lowest BCUT2D eigenvalue weighted by molar-refractivity contribution is -0.137. The number of H-pyrrole nitrogens is 1. The van der Waals surface area contributed by atoms with E-state index in [1.165, 1.54) is 4.90 Å². The van der Waals surface area contributed by atoms with Crippen LogP contribution in [0, 0.1) is 0 Å². The molecular weight excluding hydrogens is 234 g/mol. The van der Waals surface area contributed by atoms with Gasteiger partial charge < -0.3 is 15.6 Å². The highest BCUT2D eigenvalue weighted by molar-refractivity contribution is 5.87. The monoisotopic (exact) mass is 251 g/mol. The second-order valence-electron chi connectivity index (χ2n) is 4.28. The molecule has 7 nitrogen and oxygen atoms in total. The molecule has 0 bridgehead atoms. The van der Waals surface area contributed by atoms with Gasteiger partial charge in [0.25, 0.3) is 0 Å². The summed E-state index contributed by atoms with van der Waals surface area (Å²) < 4.78 is 0. The number of nitrogens with zero attached hydrogens (tertiary/aromatic N) is 2. The number of carbonyl (C=O) groups excluding carboxylic acids is 2. The third-order valence-corrected chi connectivity index (χ3v) is 3.07. The van der Waals surface area contributed by atoms with E-state index in [0.29, 0.717) is 19.5 Å². The average molecular weight is 251 g/mol. The molecule has 0 saturated carbocycles. The third-order valence-electron chi connectivity index (χ3n) is 3.07. The number of hydrogen-bond donors (Lipinski definition) is 3. The molecule has 18 heavy (non-hydrogen) atoms. The number of aromatic amines is 1. The summed E-state index contributed by atoms with van der Waals surface area (Å²) >= 11 is 0. The maximum Gasteiger partial charge on any atom is 0.240 e. The maximum absolute atomic E-state index is 12.2. The van der Waals surface area contributed by atoms with Crippen LogP contribution in [0.1, 0.15) is 18.3 Å². The Hall–Kier alpha value is -1.89. The van der Waals surface area contributed by atoms with E-state index in [9.17, 15) is 9.59 Å². The van der Waals surface area contributed by atoms with Crippen molar-refractivity contribution in [2.24, 2.45) is 5.73 Å². The predicted octanol–water partition coefficient (Wildman–Crippen LogP) is -1.24. The van der Waals surface area contributed by atoms with Crippen molar-refractivity contribution in [1.82, 2.24) is 20.2 Å². The Balaban J connectivity index is 2.04. The smallest absolute Gasteiger partial charge is 0.240 e. The van der Waals surface area contributed by atoms with Gasteiger partial charge in [-0.2, -0.15) is 0 Å². The molecule has 0 fully saturated rings. The molecule has 0 aliphatic carbocycles. The Bertz CT molecular complexity index is 456. The summed E-state index contributed by atoms with van der Waals surface area (Å²) in [6.45, 7) is 2.83. The lowest BCUT2D eigenvalue weighted by Crippen LogP contribution is -2.51. The van der Waals surface area contributed by atoms with E-state index in [2.05, 4.69) is 15.3 Å². The van der Waals surface area contributed by atoms with Crippen LogP contribution in [0.3, 0.4) is 0 Å². The van der Waals surface area contributed by atoms with Crippen molar-refractivity contribution in [3.63, 3.8) is 0 Å². The number of rotatable bonds is 4. The SMILES string of the molecule is CCN(CC(N)=O)C(=O)C1Cc2nc[nH]c2CN1. The summed E-state index contributed by atoms with van der Waals surface area (Å²) in [6.07, 6.45) is 2.16. The first kappa shape index (κ1) is 12.6. The van der Waals surface area contributed by atoms with Gasteiger partial charge in [-0.15, -0.1) is 0 Å². The van der Waals surface area contributed by atoms with E-state index in [1.54, 1.807) is 6.33 Å². The first-order valence-electron chi connectivity index (χ1n) is 5.93. The van der Waals surface area contributed by atoms with Crippen molar-refractivity contribution in [1.29, 1.82) is 0 Å². The summed E-state index contributed by atoms with van der Waals surface area (Å²) in [5.41, 5.74) is 7.04. The molecule has 98 valence electrons. The maximum atomic E-state index is 12.2. The Morgan fingerprint density at radius 1 is 1.61 bits per heavy atom. The second-order valence-corrected chi connectivity index (χ2v) is 4.28. The average Bonchev–Trinajstić information content (AvgIpc) is 2.81. The van der Waals surface area contributed by atoms with Crippen molar-refractivity contribution in [2.45, 2.75) is 25.9 Å². The van der Waals surface area contributed by atoms with Crippen LogP contribution in [-0.2, 0) is 22.6 Å². The van der Waals surface area contributed by atoms with Gasteiger partial charge >= 0.3 is 0 Å². The summed E-state index contributed by atoms with van der Waals surface area (Å²) in [4.78, 5) is 31.8. The molecule has 0 saturated heterocycles. The molecule has 2 amide bonds. The molecule has 1 aliphatic heterocycles. The number of primary amides is 1. The van der Waals surface area contributed by atoms with Crippen LogP contribution in [-0.4, -0.2) is 45.8 Å². The molecule has 2 heterocycles. The van der Waals surface area contributed by atoms with Gasteiger partial charge in [0, 0.05) is 19.5 Å². The number of hydrogen-bond acceptors (Lipinski definition) is 4. The predicted molar refractivity (Wildman–Crippen MR) is 64.4 cm³/mol. The lowest BCUT2D eigenvalue weighted by atomic mass is 10.0. The quantitative estimate of drug-likeness (QED) is 0.622. The minimum atomic E-state index is -0.499. The van der Waals surface area contributed by atoms with E-state index in [-0.39, 0.29) is 18.5 Å². The van der Waals surface area contributed by atoms with Gasteiger partial charge in [-0.05, 0) is 6.92 Å². The molecule has 1 aromatic heterocycles. The fraction of sp³-hybridized carbons (Fsp3) is 0.545. The van der Waals surface area contributed by atoms with E-state index in [4.69, 9.17) is 5.73 Å². The molecule has 1 unspecified atom stereocenters. The molecule has 7 heteroatoms. The van der Waals surface area contributed by atoms with Crippen molar-refractivity contribution in [3.05, 3.63) is 17.7 Å². The number of fused-ring (bicyclic) bond motifs is 1. The number of nitrogens with two attached hydrogens (primary N) is 1. The normalized spacial score (nSPS) is 18.2. The van der Waals surface area contributed by atoms with E-state index < -0.39 is 5.91 Å². The molecule has 2 rings (SSSR count). The van der Waals surface area contributed by atoms with Crippen molar-refractivity contribution in [3.8, 4) is 0 Å². The fourth-order valence-corrected chi connectivity index (χ4v) is 2.10. The second kappa shape index (κ2) is 5.18. The molecule has 0 spiro atoms. The van der Waals surface area contributed by atoms with Gasteiger partial charge in [0.15, 0.2) is 0 Å². The number of carbonyl (C=O) groups is 2. The van der Waals surface area contributed by atoms with Gasteiger partial charge in [0.05, 0.1) is 30.3 Å². The Morgan fingerprint density at radius 2 is 2.39 bits per heavy atom. The highest BCUT2D eigenvalue weighted by Gasteiger charge is 2.29. The lowest BCUT2D eigenvalue weighted by Gasteiger charge is -2.28. The number of imidazole rings is 1. The Labute approximate surface area is 105 Å². The minimum absolute atomic E-state index is 0.0407. The van der Waals surface area contributed by atoms with Crippen LogP contribution in [0.4, 0.5) is 0 Å². The van der Waals surface area contributed by atoms with Crippen LogP contribution in [0.5, 0.6) is 0 Å². The third kappa shape index (κ3) is 2.51. The van der Waals surface area contributed by atoms with Crippen LogP contribution < -0.4 is 11.1 Å². The molecule has 4 N–H and O–H groups in total. The Kier molecular flexibility index (Phi) is 3.61. The zero-order valence-corrected chi connectivity index (χ0v) is 10.3. The van der Waals surface area contributed by atoms with E-state index in [0.717, 1.165) is 11.4 Å². The zero-order chi connectivity index (χ0) is 13.1. The standard InChI is InChI=1S/C11H17N5O2/c1-2-16(5-10(12)17)11(18)8-3-7-9(4-13-8)15-6-14-7/h6,8,13H,2-5H2,1H3,(H2,12,17)(H,14,15). The van der Waals surface area contributed by atoms with Crippen LogP contribution in [0.25, 0.3) is 0 Å². The van der Waals surface area contributed by atoms with Gasteiger partial charge in [0.1, 0.15) is 0 Å². The first-order chi connectivity index (χ1) is 8.61. The largest absolute Gasteiger partial charge is 0.368 e. The molecule has 1 atom stereocenters. The minimum Gasteiger partial charge on any atom is -0.368 e. The topological polar surface area (TPSA) is 104 Å². The van der Waals surface area contributed by atoms with Gasteiger partial charge in [0.2, 0.25) is 11.8 Å². The summed E-state index contributed by atoms with van der Waals surface area (Å²) in [5, 5.41) is 3.13. The van der Waals surface area contributed by atoms with Gasteiger partial charge in [-0.3, -0.25) is 14.9 Å². The van der Waals surface area contributed by atoms with Gasteiger partial charge in [-0.25, -0.2) is 4.98 Å². The first-order valence-corrected chi connectivity index (χ1v) is 5.93. The van der Waals surface area contributed by atoms with Gasteiger partial charge in [-0.1, -0.05) is 0 Å². The van der Waals surface area contributed by atoms with Crippen molar-refractivity contribution >= 4 is 11.8 Å². The highest BCUT2D eigenvalue weighted by atomic mass is 16.2. The zero-order valence-electron chi connectivity index (χ0n) is 10.3. The highest BCUT2D eigenvalue weighted by Crippen LogP contribution is 2.13. The number of aromatic nitrogens is 2. The van der Waals surface area contributed by atoms with Crippen LogP contribution in [0.15, 0.2) is 6.33 Å². The summed E-state index contributed by atoms with van der Waals surface area (Å²) in [6, 6.07) is -0.333. The summed E-state index contributed by atoms with van der Waals surface area (Å²) in [5.74, 6) is -0.605. The number of nitrogens with one attached hydrogen (secondary N) is 2. The fourth-order valence-electron chi connectivity index (χ4n) is 2.10. The van der Waals surface area contributed by atoms with E-state index >= 15 is 0 Å². The summed E-state index contributed by atoms with van der Waals surface area (Å²) in [7, 11) is 0. The molecule has 1 aliphatic rings. The number of amides is 2. The van der Waals surface area contributed by atoms with Crippen LogP contribution >= 0.6 is 0 Å². The molecular formula is C11H17N5O2. The Morgan fingerprint density at radius 3 is 3.06 bits per heavy atom.